The van der Waals surface area contributed by atoms with Crippen molar-refractivity contribution in [3.05, 3.63) is 70.8 Å². The molecule has 8 heteroatoms. The summed E-state index contributed by atoms with van der Waals surface area (Å²) in [6, 6.07) is 9.00. The molecular weight excluding hydrogens is 360 g/mol. The van der Waals surface area contributed by atoms with E-state index >= 15 is 0 Å². The zero-order valence-corrected chi connectivity index (χ0v) is 13.7. The maximum atomic E-state index is 13.0. The normalized spacial score (nSPS) is 12.1. The Kier molecular flexibility index (Phi) is 5.63. The first-order valence-corrected chi connectivity index (χ1v) is 7.53. The van der Waals surface area contributed by atoms with Crippen molar-refractivity contribution in [2.24, 2.45) is 0 Å². The van der Waals surface area contributed by atoms with Crippen molar-refractivity contribution in [2.75, 3.05) is 7.05 Å². The minimum atomic E-state index is -4.53. The first-order valence-electron chi connectivity index (χ1n) is 7.53. The summed E-state index contributed by atoms with van der Waals surface area (Å²) in [4.78, 5) is 13.3. The molecule has 2 aromatic carbocycles. The van der Waals surface area contributed by atoms with Crippen molar-refractivity contribution in [3.8, 4) is 0 Å². The highest BCUT2D eigenvalue weighted by molar-refractivity contribution is 5.78. The number of hydrogen-bond acceptors (Lipinski definition) is 1. The minimum Gasteiger partial charge on any atom is -0.341 e. The Morgan fingerprint density at radius 2 is 1.46 bits per heavy atom. The maximum Gasteiger partial charge on any atom is 0.416 e. The van der Waals surface area contributed by atoms with E-state index in [9.17, 15) is 31.1 Å². The van der Waals surface area contributed by atoms with E-state index < -0.39 is 29.4 Å². The summed E-state index contributed by atoms with van der Waals surface area (Å²) in [7, 11) is 1.35. The number of alkyl halides is 6. The van der Waals surface area contributed by atoms with E-state index in [-0.39, 0.29) is 18.5 Å². The molecule has 0 radical (unpaired) electrons. The van der Waals surface area contributed by atoms with Crippen LogP contribution in [0, 0.1) is 0 Å². The Morgan fingerprint density at radius 3 is 2.00 bits per heavy atom. The number of carbonyl (C=O) groups excluding carboxylic acids is 1. The average molecular weight is 375 g/mol. The van der Waals surface area contributed by atoms with Crippen molar-refractivity contribution < 1.29 is 31.1 Å². The Labute approximate surface area is 146 Å². The van der Waals surface area contributed by atoms with Gasteiger partial charge in [-0.15, -0.1) is 0 Å². The van der Waals surface area contributed by atoms with Crippen molar-refractivity contribution in [1.29, 1.82) is 0 Å². The van der Waals surface area contributed by atoms with Gasteiger partial charge in [0, 0.05) is 13.6 Å². The molecule has 140 valence electrons. The largest absolute Gasteiger partial charge is 0.416 e. The molecule has 26 heavy (non-hydrogen) atoms. The summed E-state index contributed by atoms with van der Waals surface area (Å²) in [5.41, 5.74) is -1.36. The summed E-state index contributed by atoms with van der Waals surface area (Å²) in [6.07, 6.45) is -9.21. The number of hydrogen-bond donors (Lipinski definition) is 0. The number of nitrogens with zero attached hydrogens (tertiary/aromatic N) is 1. The highest BCUT2D eigenvalue weighted by Crippen LogP contribution is 2.32. The van der Waals surface area contributed by atoms with Crippen molar-refractivity contribution in [2.45, 2.75) is 25.3 Å². The predicted octanol–water partition coefficient (Wildman–Crippen LogP) is 4.93. The van der Waals surface area contributed by atoms with Gasteiger partial charge in [0.15, 0.2) is 0 Å². The van der Waals surface area contributed by atoms with Gasteiger partial charge in [-0.3, -0.25) is 4.79 Å². The van der Waals surface area contributed by atoms with Gasteiger partial charge in [-0.25, -0.2) is 0 Å². The summed E-state index contributed by atoms with van der Waals surface area (Å²) >= 11 is 0. The lowest BCUT2D eigenvalue weighted by Crippen LogP contribution is -2.28. The molecule has 2 rings (SSSR count). The Balaban J connectivity index is 2.07. The van der Waals surface area contributed by atoms with E-state index in [1.165, 1.54) is 37.4 Å². The number of halogens is 6. The monoisotopic (exact) mass is 375 g/mol. The van der Waals surface area contributed by atoms with Crippen LogP contribution >= 0.6 is 0 Å². The van der Waals surface area contributed by atoms with Crippen LogP contribution in [0.3, 0.4) is 0 Å². The molecule has 0 aliphatic carbocycles. The molecule has 0 fully saturated rings. The van der Waals surface area contributed by atoms with Crippen LogP contribution in [-0.4, -0.2) is 17.9 Å². The fourth-order valence-corrected chi connectivity index (χ4v) is 2.40. The fourth-order valence-electron chi connectivity index (χ4n) is 2.40. The second-order valence-corrected chi connectivity index (χ2v) is 5.78. The van der Waals surface area contributed by atoms with Crippen molar-refractivity contribution in [1.82, 2.24) is 4.90 Å². The van der Waals surface area contributed by atoms with Crippen LogP contribution in [0.2, 0.25) is 0 Å². The first-order chi connectivity index (χ1) is 12.0. The molecule has 0 unspecified atom stereocenters. The maximum absolute atomic E-state index is 13.0. The summed E-state index contributed by atoms with van der Waals surface area (Å²) in [5, 5.41) is 0. The third kappa shape index (κ3) is 5.00. The van der Waals surface area contributed by atoms with Gasteiger partial charge in [-0.05, 0) is 29.3 Å². The summed E-state index contributed by atoms with van der Waals surface area (Å²) < 4.78 is 76.5. The quantitative estimate of drug-likeness (QED) is 0.695. The molecule has 0 aliphatic rings. The van der Waals surface area contributed by atoms with Crippen LogP contribution in [0.25, 0.3) is 0 Å². The highest BCUT2D eigenvalue weighted by atomic mass is 19.4. The van der Waals surface area contributed by atoms with Gasteiger partial charge in [-0.1, -0.05) is 30.3 Å². The molecular formula is C18H15F6NO. The van der Waals surface area contributed by atoms with Crippen LogP contribution in [0.15, 0.2) is 48.5 Å². The van der Waals surface area contributed by atoms with E-state index in [4.69, 9.17) is 0 Å². The molecule has 2 aromatic rings. The van der Waals surface area contributed by atoms with E-state index in [0.29, 0.717) is 5.56 Å². The van der Waals surface area contributed by atoms with Gasteiger partial charge in [0.25, 0.3) is 0 Å². The molecule has 0 spiro atoms. The lowest BCUT2D eigenvalue weighted by Gasteiger charge is -2.20. The second kappa shape index (κ2) is 7.39. The highest BCUT2D eigenvalue weighted by Gasteiger charge is 2.33. The lowest BCUT2D eigenvalue weighted by molar-refractivity contribution is -0.139. The van der Waals surface area contributed by atoms with Crippen LogP contribution in [0.4, 0.5) is 26.3 Å². The van der Waals surface area contributed by atoms with E-state index in [1.54, 1.807) is 0 Å². The predicted molar refractivity (Wildman–Crippen MR) is 83.1 cm³/mol. The first kappa shape index (κ1) is 19.8. The zero-order valence-electron chi connectivity index (χ0n) is 13.7. The van der Waals surface area contributed by atoms with Gasteiger partial charge in [-0.2, -0.15) is 26.3 Å². The summed E-state index contributed by atoms with van der Waals surface area (Å²) in [5.74, 6) is -0.498. The molecule has 0 aromatic heterocycles. The van der Waals surface area contributed by atoms with E-state index in [1.807, 2.05) is 0 Å². The van der Waals surface area contributed by atoms with Gasteiger partial charge in [0.2, 0.25) is 5.91 Å². The van der Waals surface area contributed by atoms with E-state index in [2.05, 4.69) is 0 Å². The zero-order chi connectivity index (χ0) is 19.5. The van der Waals surface area contributed by atoms with Gasteiger partial charge in [0.05, 0.1) is 17.5 Å². The second-order valence-electron chi connectivity index (χ2n) is 5.78. The third-order valence-corrected chi connectivity index (χ3v) is 3.79. The topological polar surface area (TPSA) is 20.3 Å². The van der Waals surface area contributed by atoms with Crippen LogP contribution in [-0.2, 0) is 30.1 Å². The Hall–Kier alpha value is -2.51. The molecule has 0 heterocycles. The third-order valence-electron chi connectivity index (χ3n) is 3.79. The lowest BCUT2D eigenvalue weighted by atomic mass is 10.1. The van der Waals surface area contributed by atoms with Crippen LogP contribution < -0.4 is 0 Å². The van der Waals surface area contributed by atoms with Crippen LogP contribution in [0.1, 0.15) is 22.3 Å². The van der Waals surface area contributed by atoms with Crippen molar-refractivity contribution in [3.63, 3.8) is 0 Å². The number of amides is 1. The number of benzene rings is 2. The average Bonchev–Trinajstić information content (AvgIpc) is 2.54. The SMILES string of the molecule is CN(Cc1ccccc1C(F)(F)F)C(=O)Cc1ccc(C(F)(F)F)cc1. The Morgan fingerprint density at radius 1 is 0.885 bits per heavy atom. The molecule has 0 bridgehead atoms. The van der Waals surface area contributed by atoms with Gasteiger partial charge >= 0.3 is 12.4 Å². The van der Waals surface area contributed by atoms with Gasteiger partial charge < -0.3 is 4.90 Å². The molecule has 0 saturated carbocycles. The van der Waals surface area contributed by atoms with Crippen LogP contribution in [0.5, 0.6) is 0 Å². The molecule has 0 aliphatic heterocycles. The Bertz CT molecular complexity index is 764. The molecule has 2 nitrogen and oxygen atoms in total. The molecule has 1 amide bonds. The number of carbonyl (C=O) groups is 1. The minimum absolute atomic E-state index is 0.0525. The molecule has 0 atom stereocenters. The summed E-state index contributed by atoms with van der Waals surface area (Å²) in [6.45, 7) is -0.255. The molecule has 0 saturated heterocycles. The fraction of sp³-hybridized carbons (Fsp3) is 0.278. The number of rotatable bonds is 4. The standard InChI is InChI=1S/C18H15F6NO/c1-25(11-13-4-2-3-5-15(13)18(22,23)24)16(26)10-12-6-8-14(9-7-12)17(19,20)21/h2-9H,10-11H2,1H3. The molecule has 0 N–H and O–H groups in total. The number of likely N-dealkylation sites (N-methyl/N-ethyl adjacent to an activating group) is 1. The smallest absolute Gasteiger partial charge is 0.341 e. The van der Waals surface area contributed by atoms with Gasteiger partial charge in [0.1, 0.15) is 0 Å². The van der Waals surface area contributed by atoms with Crippen molar-refractivity contribution >= 4 is 5.91 Å². The van der Waals surface area contributed by atoms with E-state index in [0.717, 1.165) is 23.1 Å².